The second kappa shape index (κ2) is 5.36. The molecule has 3 aromatic rings. The van der Waals surface area contributed by atoms with Crippen molar-refractivity contribution in [1.82, 2.24) is 14.8 Å². The largest absolute Gasteiger partial charge is 0.321 e. The van der Waals surface area contributed by atoms with Crippen LogP contribution in [0.2, 0.25) is 0 Å². The highest BCUT2D eigenvalue weighted by molar-refractivity contribution is 6.04. The van der Waals surface area contributed by atoms with Gasteiger partial charge in [-0.05, 0) is 32.0 Å². The van der Waals surface area contributed by atoms with E-state index in [4.69, 9.17) is 0 Å². The number of anilines is 1. The zero-order chi connectivity index (χ0) is 14.8. The molecule has 5 nitrogen and oxygen atoms in total. The molecule has 0 unspecified atom stereocenters. The quantitative estimate of drug-likeness (QED) is 0.801. The Hall–Kier alpha value is -2.69. The number of hydrogen-bond acceptors (Lipinski definition) is 3. The first-order valence-electron chi connectivity index (χ1n) is 6.85. The van der Waals surface area contributed by atoms with E-state index in [1.165, 1.54) is 0 Å². The summed E-state index contributed by atoms with van der Waals surface area (Å²) >= 11 is 0. The van der Waals surface area contributed by atoms with Crippen LogP contribution in [0.15, 0.2) is 48.8 Å². The SMILES string of the molecule is CC(C)n1ncc2cc(NC(=O)c3ccccc3)cnc21. The number of benzene rings is 1. The molecule has 0 aliphatic rings. The van der Waals surface area contributed by atoms with Gasteiger partial charge >= 0.3 is 0 Å². The highest BCUT2D eigenvalue weighted by Gasteiger charge is 2.10. The molecule has 0 atom stereocenters. The maximum absolute atomic E-state index is 12.1. The summed E-state index contributed by atoms with van der Waals surface area (Å²) in [4.78, 5) is 16.5. The van der Waals surface area contributed by atoms with E-state index < -0.39 is 0 Å². The van der Waals surface area contributed by atoms with Gasteiger partial charge in [-0.25, -0.2) is 9.67 Å². The smallest absolute Gasteiger partial charge is 0.255 e. The Bertz CT molecular complexity index is 777. The summed E-state index contributed by atoms with van der Waals surface area (Å²) in [6.45, 7) is 4.11. The van der Waals surface area contributed by atoms with Crippen LogP contribution in [0.4, 0.5) is 5.69 Å². The van der Waals surface area contributed by atoms with E-state index in [2.05, 4.69) is 29.2 Å². The molecule has 106 valence electrons. The molecule has 0 saturated heterocycles. The third-order valence-corrected chi connectivity index (χ3v) is 3.22. The Morgan fingerprint density at radius 3 is 2.67 bits per heavy atom. The third-order valence-electron chi connectivity index (χ3n) is 3.22. The van der Waals surface area contributed by atoms with Gasteiger partial charge in [0.05, 0.1) is 18.1 Å². The van der Waals surface area contributed by atoms with E-state index >= 15 is 0 Å². The van der Waals surface area contributed by atoms with E-state index in [0.717, 1.165) is 11.0 Å². The van der Waals surface area contributed by atoms with Gasteiger partial charge in [0.1, 0.15) is 0 Å². The van der Waals surface area contributed by atoms with Gasteiger partial charge in [-0.1, -0.05) is 18.2 Å². The Balaban J connectivity index is 1.87. The third kappa shape index (κ3) is 2.63. The molecule has 1 aromatic carbocycles. The van der Waals surface area contributed by atoms with E-state index in [0.29, 0.717) is 11.3 Å². The molecule has 2 aromatic heterocycles. The second-order valence-corrected chi connectivity index (χ2v) is 5.14. The lowest BCUT2D eigenvalue weighted by Gasteiger charge is -2.07. The summed E-state index contributed by atoms with van der Waals surface area (Å²) in [6.07, 6.45) is 3.42. The van der Waals surface area contributed by atoms with Crippen LogP contribution in [0, 0.1) is 0 Å². The Kier molecular flexibility index (Phi) is 3.39. The van der Waals surface area contributed by atoms with Crippen LogP contribution < -0.4 is 5.32 Å². The van der Waals surface area contributed by atoms with Gasteiger partial charge in [0.25, 0.3) is 5.91 Å². The summed E-state index contributed by atoms with van der Waals surface area (Å²) in [7, 11) is 0. The molecular formula is C16H16N4O. The normalized spacial score (nSPS) is 11.0. The molecule has 0 radical (unpaired) electrons. The molecule has 0 saturated carbocycles. The van der Waals surface area contributed by atoms with Gasteiger partial charge in [0.2, 0.25) is 0 Å². The highest BCUT2D eigenvalue weighted by atomic mass is 16.1. The van der Waals surface area contributed by atoms with Crippen LogP contribution in [-0.4, -0.2) is 20.7 Å². The van der Waals surface area contributed by atoms with Crippen LogP contribution in [0.1, 0.15) is 30.2 Å². The van der Waals surface area contributed by atoms with Crippen LogP contribution in [0.3, 0.4) is 0 Å². The predicted octanol–water partition coefficient (Wildman–Crippen LogP) is 3.26. The lowest BCUT2D eigenvalue weighted by atomic mass is 10.2. The number of nitrogens with one attached hydrogen (secondary N) is 1. The van der Waals surface area contributed by atoms with Crippen molar-refractivity contribution < 1.29 is 4.79 Å². The molecular weight excluding hydrogens is 264 g/mol. The topological polar surface area (TPSA) is 59.8 Å². The van der Waals surface area contributed by atoms with Gasteiger partial charge < -0.3 is 5.32 Å². The highest BCUT2D eigenvalue weighted by Crippen LogP contribution is 2.19. The van der Waals surface area contributed by atoms with Gasteiger partial charge in [0.15, 0.2) is 5.65 Å². The average Bonchev–Trinajstić information content (AvgIpc) is 2.91. The number of hydrogen-bond donors (Lipinski definition) is 1. The minimum absolute atomic E-state index is 0.145. The van der Waals surface area contributed by atoms with Gasteiger partial charge in [-0.15, -0.1) is 0 Å². The molecule has 0 bridgehead atoms. The molecule has 1 amide bonds. The Morgan fingerprint density at radius 1 is 1.19 bits per heavy atom. The molecule has 5 heteroatoms. The number of carbonyl (C=O) groups is 1. The Labute approximate surface area is 122 Å². The summed E-state index contributed by atoms with van der Waals surface area (Å²) < 4.78 is 1.86. The summed E-state index contributed by atoms with van der Waals surface area (Å²) in [5.74, 6) is -0.145. The van der Waals surface area contributed by atoms with Crippen LogP contribution in [0.5, 0.6) is 0 Å². The number of amides is 1. The minimum atomic E-state index is -0.145. The fourth-order valence-electron chi connectivity index (χ4n) is 2.18. The van der Waals surface area contributed by atoms with Crippen molar-refractivity contribution in [2.24, 2.45) is 0 Å². The molecule has 0 aliphatic heterocycles. The first kappa shape index (κ1) is 13.3. The summed E-state index contributed by atoms with van der Waals surface area (Å²) in [5, 5.41) is 8.08. The van der Waals surface area contributed by atoms with E-state index in [-0.39, 0.29) is 11.9 Å². The summed E-state index contributed by atoms with van der Waals surface area (Å²) in [6, 6.07) is 11.2. The molecule has 2 heterocycles. The fourth-order valence-corrected chi connectivity index (χ4v) is 2.18. The second-order valence-electron chi connectivity index (χ2n) is 5.14. The maximum atomic E-state index is 12.1. The van der Waals surface area contributed by atoms with E-state index in [1.807, 2.05) is 28.9 Å². The van der Waals surface area contributed by atoms with Crippen molar-refractivity contribution in [3.05, 3.63) is 54.4 Å². The standard InChI is InChI=1S/C16H16N4O/c1-11(2)20-15-13(9-18-20)8-14(10-17-15)19-16(21)12-6-4-3-5-7-12/h3-11H,1-2H3,(H,19,21). The van der Waals surface area contributed by atoms with Crippen molar-refractivity contribution in [3.8, 4) is 0 Å². The lowest BCUT2D eigenvalue weighted by Crippen LogP contribution is -2.12. The van der Waals surface area contributed by atoms with Crippen molar-refractivity contribution in [1.29, 1.82) is 0 Å². The van der Waals surface area contributed by atoms with Crippen LogP contribution >= 0.6 is 0 Å². The van der Waals surface area contributed by atoms with E-state index in [9.17, 15) is 4.79 Å². The van der Waals surface area contributed by atoms with Crippen molar-refractivity contribution >= 4 is 22.6 Å². The van der Waals surface area contributed by atoms with Crippen LogP contribution in [0.25, 0.3) is 11.0 Å². The number of fused-ring (bicyclic) bond motifs is 1. The number of nitrogens with zero attached hydrogens (tertiary/aromatic N) is 3. The zero-order valence-electron chi connectivity index (χ0n) is 11.9. The first-order chi connectivity index (χ1) is 10.1. The fraction of sp³-hybridized carbons (Fsp3) is 0.188. The van der Waals surface area contributed by atoms with Crippen molar-refractivity contribution in [3.63, 3.8) is 0 Å². The van der Waals surface area contributed by atoms with Crippen molar-refractivity contribution in [2.45, 2.75) is 19.9 Å². The van der Waals surface area contributed by atoms with Gasteiger partial charge in [0, 0.05) is 17.0 Å². The number of aromatic nitrogens is 3. The summed E-state index contributed by atoms with van der Waals surface area (Å²) in [5.41, 5.74) is 2.11. The van der Waals surface area contributed by atoms with Crippen LogP contribution in [-0.2, 0) is 0 Å². The molecule has 1 N–H and O–H groups in total. The predicted molar refractivity (Wildman–Crippen MR) is 82.3 cm³/mol. The molecule has 0 fully saturated rings. The number of carbonyl (C=O) groups excluding carboxylic acids is 1. The molecule has 3 rings (SSSR count). The molecule has 0 aliphatic carbocycles. The Morgan fingerprint density at radius 2 is 1.95 bits per heavy atom. The monoisotopic (exact) mass is 280 g/mol. The molecule has 0 spiro atoms. The molecule has 21 heavy (non-hydrogen) atoms. The van der Waals surface area contributed by atoms with Crippen molar-refractivity contribution in [2.75, 3.05) is 5.32 Å². The maximum Gasteiger partial charge on any atom is 0.255 e. The lowest BCUT2D eigenvalue weighted by molar-refractivity contribution is 0.102. The number of rotatable bonds is 3. The zero-order valence-corrected chi connectivity index (χ0v) is 11.9. The minimum Gasteiger partial charge on any atom is -0.321 e. The average molecular weight is 280 g/mol. The first-order valence-corrected chi connectivity index (χ1v) is 6.85. The van der Waals surface area contributed by atoms with Gasteiger partial charge in [-0.3, -0.25) is 4.79 Å². The van der Waals surface area contributed by atoms with E-state index in [1.54, 1.807) is 24.5 Å². The number of pyridine rings is 1. The van der Waals surface area contributed by atoms with Gasteiger partial charge in [-0.2, -0.15) is 5.10 Å².